The molecule has 4 N–H and O–H groups in total. The SMILES string of the molecule is CCOc1ccc(N)c(SCCC(N)=O)c1. The number of benzene rings is 1. The lowest BCUT2D eigenvalue weighted by Crippen LogP contribution is -2.10. The zero-order valence-electron chi connectivity index (χ0n) is 9.23. The number of anilines is 1. The van der Waals surface area contributed by atoms with Gasteiger partial charge in [0.15, 0.2) is 0 Å². The minimum Gasteiger partial charge on any atom is -0.494 e. The molecule has 5 heteroatoms. The van der Waals surface area contributed by atoms with Crippen molar-refractivity contribution in [3.05, 3.63) is 18.2 Å². The highest BCUT2D eigenvalue weighted by Gasteiger charge is 2.03. The minimum absolute atomic E-state index is 0.299. The molecule has 0 fully saturated rings. The summed E-state index contributed by atoms with van der Waals surface area (Å²) < 4.78 is 5.37. The number of hydrogen-bond donors (Lipinski definition) is 2. The van der Waals surface area contributed by atoms with E-state index >= 15 is 0 Å². The summed E-state index contributed by atoms with van der Waals surface area (Å²) in [7, 11) is 0. The molecule has 0 heterocycles. The van der Waals surface area contributed by atoms with E-state index in [0.717, 1.165) is 10.6 Å². The molecule has 0 atom stereocenters. The third kappa shape index (κ3) is 4.02. The van der Waals surface area contributed by atoms with Gasteiger partial charge in [0.2, 0.25) is 5.91 Å². The number of nitrogens with two attached hydrogens (primary N) is 2. The van der Waals surface area contributed by atoms with Gasteiger partial charge < -0.3 is 16.2 Å². The number of rotatable bonds is 6. The Hall–Kier alpha value is -1.36. The van der Waals surface area contributed by atoms with Gasteiger partial charge in [0, 0.05) is 22.8 Å². The number of hydrogen-bond acceptors (Lipinski definition) is 4. The predicted molar refractivity (Wildman–Crippen MR) is 66.6 cm³/mol. The third-order valence-corrected chi connectivity index (χ3v) is 2.97. The lowest BCUT2D eigenvalue weighted by molar-refractivity contribution is -0.117. The molecule has 88 valence electrons. The van der Waals surface area contributed by atoms with Crippen LogP contribution in [0.4, 0.5) is 5.69 Å². The van der Waals surface area contributed by atoms with Crippen molar-refractivity contribution in [2.45, 2.75) is 18.2 Å². The van der Waals surface area contributed by atoms with Crippen molar-refractivity contribution in [3.63, 3.8) is 0 Å². The highest BCUT2D eigenvalue weighted by molar-refractivity contribution is 7.99. The molecule has 0 radical (unpaired) electrons. The van der Waals surface area contributed by atoms with Gasteiger partial charge in [0.1, 0.15) is 5.75 Å². The lowest BCUT2D eigenvalue weighted by atomic mass is 10.3. The van der Waals surface area contributed by atoms with Crippen molar-refractivity contribution in [3.8, 4) is 5.75 Å². The predicted octanol–water partition coefficient (Wildman–Crippen LogP) is 1.64. The molecule has 16 heavy (non-hydrogen) atoms. The first-order valence-electron chi connectivity index (χ1n) is 5.07. The Bertz CT molecular complexity index is 369. The number of carbonyl (C=O) groups excluding carboxylic acids is 1. The first kappa shape index (κ1) is 12.7. The maximum Gasteiger partial charge on any atom is 0.218 e. The number of carbonyl (C=O) groups is 1. The molecule has 0 aliphatic rings. The summed E-state index contributed by atoms with van der Waals surface area (Å²) in [5.41, 5.74) is 11.6. The largest absolute Gasteiger partial charge is 0.494 e. The summed E-state index contributed by atoms with van der Waals surface area (Å²) in [5, 5.41) is 0. The van der Waals surface area contributed by atoms with Crippen LogP contribution < -0.4 is 16.2 Å². The number of amides is 1. The van der Waals surface area contributed by atoms with Gasteiger partial charge in [-0.2, -0.15) is 0 Å². The second-order valence-corrected chi connectivity index (χ2v) is 4.33. The average Bonchev–Trinajstić information content (AvgIpc) is 2.22. The van der Waals surface area contributed by atoms with Gasteiger partial charge in [0.25, 0.3) is 0 Å². The summed E-state index contributed by atoms with van der Waals surface area (Å²) in [6.07, 6.45) is 0.350. The molecular formula is C11H16N2O2S. The smallest absolute Gasteiger partial charge is 0.218 e. The summed E-state index contributed by atoms with van der Waals surface area (Å²) in [4.78, 5) is 11.5. The van der Waals surface area contributed by atoms with E-state index in [2.05, 4.69) is 0 Å². The molecular weight excluding hydrogens is 224 g/mol. The van der Waals surface area contributed by atoms with Crippen molar-refractivity contribution in [1.29, 1.82) is 0 Å². The maximum atomic E-state index is 10.6. The summed E-state index contributed by atoms with van der Waals surface area (Å²) >= 11 is 1.51. The molecule has 0 spiro atoms. The van der Waals surface area contributed by atoms with E-state index in [1.54, 1.807) is 6.07 Å². The van der Waals surface area contributed by atoms with Gasteiger partial charge in [-0.25, -0.2) is 0 Å². The Morgan fingerprint density at radius 2 is 2.25 bits per heavy atom. The fourth-order valence-corrected chi connectivity index (χ4v) is 2.12. The van der Waals surface area contributed by atoms with Crippen molar-refractivity contribution in [2.75, 3.05) is 18.1 Å². The van der Waals surface area contributed by atoms with Crippen LogP contribution >= 0.6 is 11.8 Å². The summed E-state index contributed by atoms with van der Waals surface area (Å²) in [6.45, 7) is 2.55. The van der Waals surface area contributed by atoms with E-state index in [0.29, 0.717) is 24.5 Å². The van der Waals surface area contributed by atoms with Crippen LogP contribution in [0.5, 0.6) is 5.75 Å². The molecule has 1 aromatic rings. The molecule has 0 aromatic heterocycles. The van der Waals surface area contributed by atoms with Crippen molar-refractivity contribution < 1.29 is 9.53 Å². The van der Waals surface area contributed by atoms with Gasteiger partial charge in [-0.05, 0) is 25.1 Å². The standard InChI is InChI=1S/C11H16N2O2S/c1-2-15-8-3-4-9(12)10(7-8)16-6-5-11(13)14/h3-4,7H,2,5-6,12H2,1H3,(H2,13,14). The molecule has 4 nitrogen and oxygen atoms in total. The second-order valence-electron chi connectivity index (χ2n) is 3.20. The molecule has 0 saturated carbocycles. The van der Waals surface area contributed by atoms with Crippen LogP contribution in [0, 0.1) is 0 Å². The topological polar surface area (TPSA) is 78.3 Å². The van der Waals surface area contributed by atoms with Crippen LogP contribution in [-0.4, -0.2) is 18.3 Å². The average molecular weight is 240 g/mol. The van der Waals surface area contributed by atoms with Crippen molar-refractivity contribution >= 4 is 23.4 Å². The Morgan fingerprint density at radius 3 is 2.88 bits per heavy atom. The van der Waals surface area contributed by atoms with Crippen molar-refractivity contribution in [1.82, 2.24) is 0 Å². The van der Waals surface area contributed by atoms with E-state index in [1.165, 1.54) is 11.8 Å². The van der Waals surface area contributed by atoms with E-state index in [-0.39, 0.29) is 5.91 Å². The monoisotopic (exact) mass is 240 g/mol. The number of ether oxygens (including phenoxy) is 1. The normalized spacial score (nSPS) is 10.1. The molecule has 1 aromatic carbocycles. The maximum absolute atomic E-state index is 10.6. The number of thioether (sulfide) groups is 1. The summed E-state index contributed by atoms with van der Waals surface area (Å²) in [5.74, 6) is 1.13. The van der Waals surface area contributed by atoms with Gasteiger partial charge in [-0.3, -0.25) is 4.79 Å². The first-order chi connectivity index (χ1) is 7.63. The quantitative estimate of drug-likeness (QED) is 0.585. The van der Waals surface area contributed by atoms with Crippen LogP contribution in [0.1, 0.15) is 13.3 Å². The van der Waals surface area contributed by atoms with E-state index in [4.69, 9.17) is 16.2 Å². The molecule has 0 bridgehead atoms. The zero-order chi connectivity index (χ0) is 12.0. The number of primary amides is 1. The van der Waals surface area contributed by atoms with E-state index in [1.807, 2.05) is 19.1 Å². The fourth-order valence-electron chi connectivity index (χ4n) is 1.16. The van der Waals surface area contributed by atoms with Crippen LogP contribution in [0.2, 0.25) is 0 Å². The summed E-state index contributed by atoms with van der Waals surface area (Å²) in [6, 6.07) is 5.51. The highest BCUT2D eigenvalue weighted by Crippen LogP contribution is 2.29. The molecule has 1 rings (SSSR count). The molecule has 0 saturated heterocycles. The molecule has 0 aliphatic carbocycles. The molecule has 1 amide bonds. The van der Waals surface area contributed by atoms with Crippen LogP contribution in [0.15, 0.2) is 23.1 Å². The molecule has 0 unspecified atom stereocenters. The Kier molecular flexibility index (Phi) is 4.98. The van der Waals surface area contributed by atoms with Crippen LogP contribution in [-0.2, 0) is 4.79 Å². The van der Waals surface area contributed by atoms with Gasteiger partial charge in [0.05, 0.1) is 6.61 Å². The number of nitrogen functional groups attached to an aromatic ring is 1. The first-order valence-corrected chi connectivity index (χ1v) is 6.05. The minimum atomic E-state index is -0.299. The molecule has 0 aliphatic heterocycles. The lowest BCUT2D eigenvalue weighted by Gasteiger charge is -2.08. The van der Waals surface area contributed by atoms with E-state index < -0.39 is 0 Å². The fraction of sp³-hybridized carbons (Fsp3) is 0.364. The van der Waals surface area contributed by atoms with E-state index in [9.17, 15) is 4.79 Å². The van der Waals surface area contributed by atoms with Crippen LogP contribution in [0.25, 0.3) is 0 Å². The Balaban J connectivity index is 2.62. The van der Waals surface area contributed by atoms with Gasteiger partial charge >= 0.3 is 0 Å². The zero-order valence-corrected chi connectivity index (χ0v) is 10.0. The van der Waals surface area contributed by atoms with Gasteiger partial charge in [-0.1, -0.05) is 0 Å². The highest BCUT2D eigenvalue weighted by atomic mass is 32.2. The van der Waals surface area contributed by atoms with Crippen molar-refractivity contribution in [2.24, 2.45) is 5.73 Å². The van der Waals surface area contributed by atoms with Crippen LogP contribution in [0.3, 0.4) is 0 Å². The van der Waals surface area contributed by atoms with Gasteiger partial charge in [-0.15, -0.1) is 11.8 Å². The second kappa shape index (κ2) is 6.27. The third-order valence-electron chi connectivity index (χ3n) is 1.90. The Labute approximate surface area is 99.3 Å². The Morgan fingerprint density at radius 1 is 1.50 bits per heavy atom.